The molecule has 0 aliphatic rings. The molecular formula is C22H18F2N2OS. The molecule has 3 rings (SSSR count). The first-order valence-electron chi connectivity index (χ1n) is 8.39. The maximum absolute atomic E-state index is 13.4. The third kappa shape index (κ3) is 4.78. The van der Waals surface area contributed by atoms with E-state index in [1.54, 1.807) is 18.2 Å². The van der Waals surface area contributed by atoms with Crippen molar-refractivity contribution >= 4 is 36.1 Å². The molecule has 0 bridgehead atoms. The maximum atomic E-state index is 13.4. The Bertz CT molecular complexity index is 1000. The molecule has 0 aromatic heterocycles. The minimum absolute atomic E-state index is 0.0592. The van der Waals surface area contributed by atoms with Gasteiger partial charge >= 0.3 is 0 Å². The molecule has 1 N–H and O–H groups in total. The van der Waals surface area contributed by atoms with Crippen molar-refractivity contribution in [3.8, 4) is 11.5 Å². The molecule has 0 fully saturated rings. The molecule has 0 atom stereocenters. The molecule has 6 heteroatoms. The van der Waals surface area contributed by atoms with Gasteiger partial charge < -0.3 is 9.46 Å². The average Bonchev–Trinajstić information content (AvgIpc) is 2.66. The normalized spacial score (nSPS) is 10.4. The summed E-state index contributed by atoms with van der Waals surface area (Å²) in [5.74, 6) is -0.975. The van der Waals surface area contributed by atoms with Gasteiger partial charge in [0.2, 0.25) is 0 Å². The van der Waals surface area contributed by atoms with Crippen LogP contribution in [0.15, 0.2) is 71.1 Å². The molecule has 0 saturated carbocycles. The molecule has 3 nitrogen and oxygen atoms in total. The molecule has 0 heterocycles. The van der Waals surface area contributed by atoms with Crippen molar-refractivity contribution < 1.29 is 13.5 Å². The van der Waals surface area contributed by atoms with Gasteiger partial charge in [-0.3, -0.25) is 4.99 Å². The van der Waals surface area contributed by atoms with Gasteiger partial charge in [-0.2, -0.15) is 0 Å². The van der Waals surface area contributed by atoms with Crippen LogP contribution in [0.4, 0.5) is 20.2 Å². The number of hydrogen-bond acceptors (Lipinski definition) is 4. The van der Waals surface area contributed by atoms with Crippen LogP contribution < -0.4 is 9.46 Å². The first kappa shape index (κ1) is 19.6. The summed E-state index contributed by atoms with van der Waals surface area (Å²) >= 11 is 1.40. The van der Waals surface area contributed by atoms with Gasteiger partial charge in [0.05, 0.1) is 11.4 Å². The molecule has 142 valence electrons. The number of nitrogens with one attached hydrogen (secondary N) is 1. The zero-order chi connectivity index (χ0) is 20.1. The van der Waals surface area contributed by atoms with Crippen LogP contribution in [0.25, 0.3) is 6.08 Å². The van der Waals surface area contributed by atoms with Crippen molar-refractivity contribution in [3.05, 3.63) is 83.9 Å². The Hall–Kier alpha value is -3.12. The minimum atomic E-state index is -0.711. The van der Waals surface area contributed by atoms with Gasteiger partial charge in [0.25, 0.3) is 0 Å². The Kier molecular flexibility index (Phi) is 6.11. The van der Waals surface area contributed by atoms with Crippen molar-refractivity contribution in [3.63, 3.8) is 0 Å². The summed E-state index contributed by atoms with van der Waals surface area (Å²) < 4.78 is 35.8. The lowest BCUT2D eigenvalue weighted by molar-refractivity contribution is 0.468. The van der Waals surface area contributed by atoms with Crippen LogP contribution in [0, 0.1) is 18.6 Å². The van der Waals surface area contributed by atoms with Gasteiger partial charge in [0.1, 0.15) is 23.1 Å². The van der Waals surface area contributed by atoms with Gasteiger partial charge in [-0.1, -0.05) is 30.4 Å². The number of aliphatic imine (C=N–C) groups is 1. The van der Waals surface area contributed by atoms with Gasteiger partial charge in [-0.05, 0) is 43.8 Å². The maximum Gasteiger partial charge on any atom is 0.133 e. The van der Waals surface area contributed by atoms with Gasteiger partial charge in [0.15, 0.2) is 0 Å². The number of hydrogen-bond donors (Lipinski definition) is 1. The highest BCUT2D eigenvalue weighted by Gasteiger charge is 2.11. The van der Waals surface area contributed by atoms with Crippen molar-refractivity contribution in [2.24, 2.45) is 4.99 Å². The second-order valence-electron chi connectivity index (χ2n) is 6.00. The van der Waals surface area contributed by atoms with E-state index in [0.29, 0.717) is 22.7 Å². The summed E-state index contributed by atoms with van der Waals surface area (Å²) in [6.45, 7) is 9.43. The van der Waals surface area contributed by atoms with E-state index in [0.717, 1.165) is 23.1 Å². The number of halogens is 2. The number of nitrogens with zero attached hydrogens (tertiary/aromatic N) is 1. The zero-order valence-corrected chi connectivity index (χ0v) is 16.0. The molecule has 0 spiro atoms. The van der Waals surface area contributed by atoms with Crippen molar-refractivity contribution in [1.82, 2.24) is 0 Å². The molecule has 0 saturated heterocycles. The highest BCUT2D eigenvalue weighted by Crippen LogP contribution is 2.38. The van der Waals surface area contributed by atoms with E-state index in [9.17, 15) is 8.78 Å². The predicted molar refractivity (Wildman–Crippen MR) is 113 cm³/mol. The Morgan fingerprint density at radius 1 is 1.00 bits per heavy atom. The number of aryl methyl sites for hydroxylation is 1. The van der Waals surface area contributed by atoms with E-state index in [-0.39, 0.29) is 5.75 Å². The van der Waals surface area contributed by atoms with Gasteiger partial charge in [-0.15, -0.1) is 0 Å². The third-order valence-corrected chi connectivity index (χ3v) is 4.69. The lowest BCUT2D eigenvalue weighted by Gasteiger charge is -2.14. The van der Waals surface area contributed by atoms with Crippen molar-refractivity contribution in [2.75, 3.05) is 4.72 Å². The molecule has 0 aliphatic carbocycles. The summed E-state index contributed by atoms with van der Waals surface area (Å²) in [7, 11) is 0. The standard InChI is InChI=1S/C22H18F2N2OS/c1-4-15-9-18(27-19-11-16(23)10-17(24)12-19)13-21(22(15)25-3)26-28-20-7-5-14(2)6-8-20/h4-13,26H,1,3H2,2H3. The fourth-order valence-electron chi connectivity index (χ4n) is 2.54. The largest absolute Gasteiger partial charge is 0.457 e. The molecule has 0 radical (unpaired) electrons. The van der Waals surface area contributed by atoms with E-state index in [2.05, 4.69) is 23.0 Å². The van der Waals surface area contributed by atoms with Crippen molar-refractivity contribution in [1.29, 1.82) is 0 Å². The number of ether oxygens (including phenoxy) is 1. The molecule has 0 unspecified atom stereocenters. The fourth-order valence-corrected chi connectivity index (χ4v) is 3.20. The summed E-state index contributed by atoms with van der Waals surface area (Å²) in [5.41, 5.74) is 3.10. The summed E-state index contributed by atoms with van der Waals surface area (Å²) in [5, 5.41) is 0. The van der Waals surface area contributed by atoms with E-state index in [1.165, 1.54) is 17.5 Å². The topological polar surface area (TPSA) is 33.6 Å². The predicted octanol–water partition coefficient (Wildman–Crippen LogP) is 7.16. The Labute approximate surface area is 166 Å². The van der Waals surface area contributed by atoms with Crippen LogP contribution in [0.1, 0.15) is 11.1 Å². The summed E-state index contributed by atoms with van der Waals surface area (Å²) in [6.07, 6.45) is 1.62. The Morgan fingerprint density at radius 3 is 2.25 bits per heavy atom. The molecule has 3 aromatic carbocycles. The SMILES string of the molecule is C=Cc1cc(Oc2cc(F)cc(F)c2)cc(NSc2ccc(C)cc2)c1N=C. The van der Waals surface area contributed by atoms with E-state index >= 15 is 0 Å². The van der Waals surface area contributed by atoms with E-state index < -0.39 is 11.6 Å². The van der Waals surface area contributed by atoms with Gasteiger partial charge in [0, 0.05) is 34.7 Å². The molecular weight excluding hydrogens is 378 g/mol. The minimum Gasteiger partial charge on any atom is -0.457 e. The second kappa shape index (κ2) is 8.71. The molecule has 0 amide bonds. The van der Waals surface area contributed by atoms with Crippen LogP contribution in [-0.2, 0) is 0 Å². The lowest BCUT2D eigenvalue weighted by atomic mass is 10.1. The van der Waals surface area contributed by atoms with Crippen LogP contribution in [0.2, 0.25) is 0 Å². The molecule has 3 aromatic rings. The number of benzene rings is 3. The van der Waals surface area contributed by atoms with Crippen LogP contribution >= 0.6 is 11.9 Å². The van der Waals surface area contributed by atoms with Crippen LogP contribution in [0.5, 0.6) is 11.5 Å². The smallest absolute Gasteiger partial charge is 0.133 e. The number of rotatable bonds is 7. The monoisotopic (exact) mass is 396 g/mol. The van der Waals surface area contributed by atoms with Crippen molar-refractivity contribution in [2.45, 2.75) is 11.8 Å². The fraction of sp³-hybridized carbons (Fsp3) is 0.0455. The highest BCUT2D eigenvalue weighted by molar-refractivity contribution is 8.00. The lowest BCUT2D eigenvalue weighted by Crippen LogP contribution is -1.93. The summed E-state index contributed by atoms with van der Waals surface area (Å²) in [4.78, 5) is 5.08. The molecule has 0 aliphatic heterocycles. The van der Waals surface area contributed by atoms with E-state index in [4.69, 9.17) is 4.74 Å². The second-order valence-corrected chi connectivity index (χ2v) is 6.87. The Morgan fingerprint density at radius 2 is 1.64 bits per heavy atom. The number of anilines is 1. The summed E-state index contributed by atoms with van der Waals surface area (Å²) in [6, 6.07) is 14.4. The molecule has 28 heavy (non-hydrogen) atoms. The third-order valence-electron chi connectivity index (χ3n) is 3.86. The first-order chi connectivity index (χ1) is 13.5. The first-order valence-corrected chi connectivity index (χ1v) is 9.21. The average molecular weight is 396 g/mol. The Balaban J connectivity index is 1.91. The van der Waals surface area contributed by atoms with Gasteiger partial charge in [-0.25, -0.2) is 8.78 Å². The van der Waals surface area contributed by atoms with Crippen LogP contribution in [-0.4, -0.2) is 6.72 Å². The van der Waals surface area contributed by atoms with Crippen LogP contribution in [0.3, 0.4) is 0 Å². The highest BCUT2D eigenvalue weighted by atomic mass is 32.2. The van der Waals surface area contributed by atoms with E-state index in [1.807, 2.05) is 31.2 Å². The quantitative estimate of drug-likeness (QED) is 0.340. The zero-order valence-electron chi connectivity index (χ0n) is 15.2.